The van der Waals surface area contributed by atoms with E-state index >= 15 is 0 Å². The Kier molecular flexibility index (Phi) is 2.18. The van der Waals surface area contributed by atoms with Crippen molar-refractivity contribution in [2.75, 3.05) is 18.0 Å². The number of hydrogen-bond acceptors (Lipinski definition) is 3. The molecule has 0 amide bonds. The third kappa shape index (κ3) is 1.52. The van der Waals surface area contributed by atoms with Crippen molar-refractivity contribution in [3.05, 3.63) is 28.8 Å². The van der Waals surface area contributed by atoms with Crippen LogP contribution in [0, 0.1) is 0 Å². The number of anilines is 1. The lowest BCUT2D eigenvalue weighted by Gasteiger charge is -2.27. The highest BCUT2D eigenvalue weighted by molar-refractivity contribution is 6.40. The molecule has 4 nitrogen and oxygen atoms in total. The molecule has 2 heterocycles. The molecule has 0 bridgehead atoms. The van der Waals surface area contributed by atoms with Crippen LogP contribution in [0.15, 0.2) is 12.1 Å². The quantitative estimate of drug-likeness (QED) is 0.615. The average Bonchev–Trinajstić information content (AvgIpc) is 2.73. The van der Waals surface area contributed by atoms with Gasteiger partial charge in [-0.3, -0.25) is 4.79 Å². The molecule has 1 N–H and O–H groups in total. The molecule has 1 aromatic rings. The molecule has 0 saturated carbocycles. The van der Waals surface area contributed by atoms with Crippen LogP contribution in [-0.4, -0.2) is 29.9 Å². The maximum atomic E-state index is 11.5. The van der Waals surface area contributed by atoms with Crippen LogP contribution in [0.2, 0.25) is 0 Å². The van der Waals surface area contributed by atoms with Gasteiger partial charge in [-0.15, -0.1) is 0 Å². The average molecular weight is 231 g/mol. The van der Waals surface area contributed by atoms with Crippen molar-refractivity contribution >= 4 is 17.4 Å². The zero-order valence-corrected chi connectivity index (χ0v) is 9.40. The fourth-order valence-corrected chi connectivity index (χ4v) is 2.85. The molecule has 17 heavy (non-hydrogen) atoms. The van der Waals surface area contributed by atoms with Gasteiger partial charge < -0.3 is 10.0 Å². The highest BCUT2D eigenvalue weighted by atomic mass is 16.4. The Morgan fingerprint density at radius 1 is 1.12 bits per heavy atom. The number of ketones is 1. The highest BCUT2D eigenvalue weighted by Gasteiger charge is 2.28. The molecule has 0 aliphatic carbocycles. The lowest BCUT2D eigenvalue weighted by atomic mass is 9.95. The molecule has 88 valence electrons. The predicted octanol–water partition coefficient (Wildman–Crippen LogP) is 1.26. The monoisotopic (exact) mass is 231 g/mol. The minimum absolute atomic E-state index is 0.329. The summed E-state index contributed by atoms with van der Waals surface area (Å²) >= 11 is 0. The maximum Gasteiger partial charge on any atom is 0.377 e. The number of carbonyl (C=O) groups is 2. The van der Waals surface area contributed by atoms with E-state index in [0.717, 1.165) is 43.5 Å². The van der Waals surface area contributed by atoms with Gasteiger partial charge in [0.05, 0.1) is 0 Å². The second kappa shape index (κ2) is 3.58. The van der Waals surface area contributed by atoms with Gasteiger partial charge in [-0.1, -0.05) is 0 Å². The van der Waals surface area contributed by atoms with E-state index < -0.39 is 11.8 Å². The predicted molar refractivity (Wildman–Crippen MR) is 62.6 cm³/mol. The van der Waals surface area contributed by atoms with Gasteiger partial charge in [0.1, 0.15) is 0 Å². The largest absolute Gasteiger partial charge is 0.475 e. The van der Waals surface area contributed by atoms with Gasteiger partial charge in [-0.05, 0) is 42.5 Å². The Bertz CT molecular complexity index is 522. The number of benzene rings is 1. The summed E-state index contributed by atoms with van der Waals surface area (Å²) in [5.41, 5.74) is 3.84. The van der Waals surface area contributed by atoms with Crippen molar-refractivity contribution < 1.29 is 14.7 Å². The zero-order valence-electron chi connectivity index (χ0n) is 9.40. The molecule has 4 heteroatoms. The third-order valence-electron chi connectivity index (χ3n) is 3.57. The number of carboxylic acid groups (broad SMARTS) is 1. The lowest BCUT2D eigenvalue weighted by Crippen LogP contribution is -2.26. The van der Waals surface area contributed by atoms with E-state index in [1.165, 1.54) is 5.69 Å². The molecule has 2 aliphatic rings. The van der Waals surface area contributed by atoms with E-state index in [2.05, 4.69) is 4.90 Å². The van der Waals surface area contributed by atoms with Crippen LogP contribution in [0.5, 0.6) is 0 Å². The van der Waals surface area contributed by atoms with Gasteiger partial charge in [0.15, 0.2) is 0 Å². The highest BCUT2D eigenvalue weighted by Crippen LogP contribution is 2.36. The van der Waals surface area contributed by atoms with Gasteiger partial charge >= 0.3 is 5.97 Å². The molecule has 2 aliphatic heterocycles. The molecule has 0 spiro atoms. The smallest absolute Gasteiger partial charge is 0.377 e. The van der Waals surface area contributed by atoms with Crippen LogP contribution in [0.1, 0.15) is 27.9 Å². The first-order chi connectivity index (χ1) is 8.16. The molecule has 0 aromatic heterocycles. The summed E-state index contributed by atoms with van der Waals surface area (Å²) < 4.78 is 0. The third-order valence-corrected chi connectivity index (χ3v) is 3.57. The standard InChI is InChI=1S/C13H13NO3/c15-12(13(16)17)10-6-8-2-1-4-14-5-3-9(7-10)11(8)14/h6-7H,1-5H2,(H,16,17). The fourth-order valence-electron chi connectivity index (χ4n) is 2.85. The molecular weight excluding hydrogens is 218 g/mol. The summed E-state index contributed by atoms with van der Waals surface area (Å²) in [6.07, 6.45) is 2.94. The van der Waals surface area contributed by atoms with Crippen molar-refractivity contribution in [1.82, 2.24) is 0 Å². The summed E-state index contributed by atoms with van der Waals surface area (Å²) in [4.78, 5) is 24.6. The minimum atomic E-state index is -1.37. The van der Waals surface area contributed by atoms with Crippen LogP contribution in [-0.2, 0) is 17.6 Å². The summed E-state index contributed by atoms with van der Waals surface area (Å²) in [6.45, 7) is 2.07. The lowest BCUT2D eigenvalue weighted by molar-refractivity contribution is -0.131. The Hall–Kier alpha value is -1.84. The molecule has 0 atom stereocenters. The first-order valence-corrected chi connectivity index (χ1v) is 5.85. The maximum absolute atomic E-state index is 11.5. The summed E-state index contributed by atoms with van der Waals surface area (Å²) in [5, 5.41) is 8.75. The Morgan fingerprint density at radius 2 is 1.82 bits per heavy atom. The Balaban J connectivity index is 2.11. The van der Waals surface area contributed by atoms with E-state index in [1.807, 2.05) is 0 Å². The van der Waals surface area contributed by atoms with Crippen LogP contribution >= 0.6 is 0 Å². The first-order valence-electron chi connectivity index (χ1n) is 5.85. The van der Waals surface area contributed by atoms with Gasteiger partial charge in [-0.25, -0.2) is 4.79 Å². The van der Waals surface area contributed by atoms with Crippen molar-refractivity contribution in [3.8, 4) is 0 Å². The topological polar surface area (TPSA) is 57.6 Å². The summed E-state index contributed by atoms with van der Waals surface area (Å²) in [7, 11) is 0. The number of rotatable bonds is 2. The number of aliphatic carboxylic acids is 1. The van der Waals surface area contributed by atoms with Gasteiger partial charge in [0.2, 0.25) is 0 Å². The number of Topliss-reactive ketones (excluding diaryl/α,β-unsaturated/α-hetero) is 1. The Labute approximate surface area is 98.9 Å². The van der Waals surface area contributed by atoms with Crippen molar-refractivity contribution in [2.24, 2.45) is 0 Å². The van der Waals surface area contributed by atoms with E-state index in [4.69, 9.17) is 5.11 Å². The number of carbonyl (C=O) groups excluding carboxylic acids is 1. The summed E-state index contributed by atoms with van der Waals surface area (Å²) in [6, 6.07) is 3.51. The molecule has 1 aromatic carbocycles. The summed E-state index contributed by atoms with van der Waals surface area (Å²) in [5.74, 6) is -2.17. The van der Waals surface area contributed by atoms with E-state index in [9.17, 15) is 9.59 Å². The van der Waals surface area contributed by atoms with E-state index in [-0.39, 0.29) is 0 Å². The van der Waals surface area contributed by atoms with E-state index in [0.29, 0.717) is 5.56 Å². The number of hydrogen-bond donors (Lipinski definition) is 1. The SMILES string of the molecule is O=C(O)C(=O)c1cc2c3c(c1)CCN3CCC2. The Morgan fingerprint density at radius 3 is 2.53 bits per heavy atom. The minimum Gasteiger partial charge on any atom is -0.475 e. The normalized spacial score (nSPS) is 16.8. The van der Waals surface area contributed by atoms with E-state index in [1.54, 1.807) is 12.1 Å². The number of aryl methyl sites for hydroxylation is 1. The molecular formula is C13H13NO3. The number of carboxylic acids is 1. The van der Waals surface area contributed by atoms with Crippen molar-refractivity contribution in [1.29, 1.82) is 0 Å². The number of nitrogens with zero attached hydrogens (tertiary/aromatic N) is 1. The van der Waals surface area contributed by atoms with Crippen LogP contribution in [0.3, 0.4) is 0 Å². The fraction of sp³-hybridized carbons (Fsp3) is 0.385. The first kappa shape index (κ1) is 10.3. The molecule has 0 fully saturated rings. The molecule has 0 radical (unpaired) electrons. The van der Waals surface area contributed by atoms with Crippen molar-refractivity contribution in [3.63, 3.8) is 0 Å². The van der Waals surface area contributed by atoms with Crippen LogP contribution in [0.25, 0.3) is 0 Å². The van der Waals surface area contributed by atoms with Gasteiger partial charge in [0.25, 0.3) is 5.78 Å². The second-order valence-electron chi connectivity index (χ2n) is 4.62. The van der Waals surface area contributed by atoms with Gasteiger partial charge in [-0.2, -0.15) is 0 Å². The van der Waals surface area contributed by atoms with Gasteiger partial charge in [0, 0.05) is 24.3 Å². The second-order valence-corrected chi connectivity index (χ2v) is 4.62. The van der Waals surface area contributed by atoms with Crippen LogP contribution in [0.4, 0.5) is 5.69 Å². The van der Waals surface area contributed by atoms with Crippen LogP contribution < -0.4 is 4.90 Å². The zero-order chi connectivity index (χ0) is 12.0. The molecule has 0 saturated heterocycles. The molecule has 3 rings (SSSR count). The molecule has 0 unspecified atom stereocenters. The van der Waals surface area contributed by atoms with Crippen molar-refractivity contribution in [2.45, 2.75) is 19.3 Å².